The fourth-order valence-electron chi connectivity index (χ4n) is 2.98. The molecule has 0 spiro atoms. The molecule has 0 atom stereocenters. The summed E-state index contributed by atoms with van der Waals surface area (Å²) in [4.78, 5) is 0. The molecule has 2 aromatic carbocycles. The average Bonchev–Trinajstić information content (AvgIpc) is 3.11. The Bertz CT molecular complexity index is 757. The zero-order valence-electron chi connectivity index (χ0n) is 11.4. The average molecular weight is 263 g/mol. The Morgan fingerprint density at radius 2 is 2.00 bits per heavy atom. The van der Waals surface area contributed by atoms with Crippen LogP contribution in [0.2, 0.25) is 0 Å². The lowest BCUT2D eigenvalue weighted by Crippen LogP contribution is -1.99. The van der Waals surface area contributed by atoms with Gasteiger partial charge in [-0.15, -0.1) is 0 Å². The zero-order chi connectivity index (χ0) is 13.4. The highest BCUT2D eigenvalue weighted by Gasteiger charge is 2.11. The minimum Gasteiger partial charge on any atom is -0.493 e. The van der Waals surface area contributed by atoms with Crippen molar-refractivity contribution >= 4 is 10.9 Å². The van der Waals surface area contributed by atoms with Gasteiger partial charge in [0.1, 0.15) is 5.75 Å². The number of para-hydroxylation sites is 1. The standard InChI is InChI=1S/C18H17NO/c1-2-4-17-15(3-1)8-11-19(17)10-7-14-5-6-18-16(13-14)9-12-20-18/h1-6,8,11,13H,7,9-10,12H2. The molecule has 0 N–H and O–H groups in total. The fourth-order valence-corrected chi connectivity index (χ4v) is 2.98. The molecule has 0 aliphatic carbocycles. The van der Waals surface area contributed by atoms with Gasteiger partial charge in [0, 0.05) is 24.7 Å². The molecule has 0 saturated carbocycles. The molecule has 0 radical (unpaired) electrons. The number of ether oxygens (including phenoxy) is 1. The van der Waals surface area contributed by atoms with E-state index in [0.717, 1.165) is 31.7 Å². The van der Waals surface area contributed by atoms with Crippen molar-refractivity contribution in [1.82, 2.24) is 4.57 Å². The first-order valence-electron chi connectivity index (χ1n) is 7.19. The molecular weight excluding hydrogens is 246 g/mol. The van der Waals surface area contributed by atoms with Gasteiger partial charge in [-0.25, -0.2) is 0 Å². The van der Waals surface area contributed by atoms with E-state index in [9.17, 15) is 0 Å². The van der Waals surface area contributed by atoms with E-state index >= 15 is 0 Å². The lowest BCUT2D eigenvalue weighted by Gasteiger charge is -2.07. The van der Waals surface area contributed by atoms with Crippen molar-refractivity contribution in [1.29, 1.82) is 0 Å². The van der Waals surface area contributed by atoms with Crippen LogP contribution in [-0.2, 0) is 19.4 Å². The molecular formula is C18H17NO. The summed E-state index contributed by atoms with van der Waals surface area (Å²) in [5.41, 5.74) is 4.07. The van der Waals surface area contributed by atoms with Gasteiger partial charge in [0.25, 0.3) is 0 Å². The molecule has 3 aromatic rings. The maximum absolute atomic E-state index is 5.56. The van der Waals surface area contributed by atoms with Gasteiger partial charge in [-0.2, -0.15) is 0 Å². The number of rotatable bonds is 3. The van der Waals surface area contributed by atoms with E-state index in [1.54, 1.807) is 0 Å². The van der Waals surface area contributed by atoms with Crippen molar-refractivity contribution < 1.29 is 4.74 Å². The highest BCUT2D eigenvalue weighted by Crippen LogP contribution is 2.26. The third-order valence-corrected chi connectivity index (χ3v) is 4.08. The Morgan fingerprint density at radius 3 is 3.00 bits per heavy atom. The zero-order valence-corrected chi connectivity index (χ0v) is 11.4. The Kier molecular flexibility index (Phi) is 2.73. The van der Waals surface area contributed by atoms with Crippen molar-refractivity contribution in [2.75, 3.05) is 6.61 Å². The smallest absolute Gasteiger partial charge is 0.122 e. The number of benzene rings is 2. The second kappa shape index (κ2) is 4.71. The minimum absolute atomic E-state index is 0.834. The van der Waals surface area contributed by atoms with Crippen LogP contribution >= 0.6 is 0 Å². The van der Waals surface area contributed by atoms with Gasteiger partial charge in [0.2, 0.25) is 0 Å². The van der Waals surface area contributed by atoms with E-state index in [1.165, 1.54) is 22.0 Å². The Labute approximate surface area is 118 Å². The quantitative estimate of drug-likeness (QED) is 0.700. The Morgan fingerprint density at radius 1 is 1.05 bits per heavy atom. The SMILES string of the molecule is c1ccc2c(c1)ccn2CCc1ccc2c(c1)CCO2. The second-order valence-corrected chi connectivity index (χ2v) is 5.36. The van der Waals surface area contributed by atoms with Crippen molar-refractivity contribution in [3.63, 3.8) is 0 Å². The minimum atomic E-state index is 0.834. The largest absolute Gasteiger partial charge is 0.493 e. The van der Waals surface area contributed by atoms with Gasteiger partial charge in [-0.1, -0.05) is 30.3 Å². The first kappa shape index (κ1) is 11.6. The third-order valence-electron chi connectivity index (χ3n) is 4.08. The number of aromatic nitrogens is 1. The molecule has 2 heteroatoms. The van der Waals surface area contributed by atoms with E-state index < -0.39 is 0 Å². The molecule has 4 rings (SSSR count). The Balaban J connectivity index is 1.55. The molecule has 1 aliphatic heterocycles. The van der Waals surface area contributed by atoms with E-state index in [-0.39, 0.29) is 0 Å². The maximum atomic E-state index is 5.56. The highest BCUT2D eigenvalue weighted by molar-refractivity contribution is 5.79. The predicted octanol–water partition coefficient (Wildman–Crippen LogP) is 3.82. The van der Waals surface area contributed by atoms with Gasteiger partial charge in [-0.05, 0) is 41.1 Å². The lowest BCUT2D eigenvalue weighted by molar-refractivity contribution is 0.357. The van der Waals surface area contributed by atoms with Crippen molar-refractivity contribution in [2.45, 2.75) is 19.4 Å². The lowest BCUT2D eigenvalue weighted by atomic mass is 10.1. The molecule has 1 aromatic heterocycles. The molecule has 0 saturated heterocycles. The summed E-state index contributed by atoms with van der Waals surface area (Å²) in [6, 6.07) is 17.3. The van der Waals surface area contributed by atoms with Crippen LogP contribution in [-0.4, -0.2) is 11.2 Å². The molecule has 0 fully saturated rings. The van der Waals surface area contributed by atoms with E-state index in [1.807, 2.05) is 0 Å². The second-order valence-electron chi connectivity index (χ2n) is 5.36. The van der Waals surface area contributed by atoms with Crippen LogP contribution in [0, 0.1) is 0 Å². The van der Waals surface area contributed by atoms with Crippen LogP contribution in [0.4, 0.5) is 0 Å². The molecule has 100 valence electrons. The summed E-state index contributed by atoms with van der Waals surface area (Å²) in [5, 5.41) is 1.31. The van der Waals surface area contributed by atoms with Crippen LogP contribution < -0.4 is 4.74 Å². The number of hydrogen-bond donors (Lipinski definition) is 0. The number of aryl methyl sites for hydroxylation is 2. The normalized spacial score (nSPS) is 13.4. The molecule has 0 bridgehead atoms. The van der Waals surface area contributed by atoms with Crippen molar-refractivity contribution in [3.05, 3.63) is 65.9 Å². The van der Waals surface area contributed by atoms with Crippen molar-refractivity contribution in [2.24, 2.45) is 0 Å². The summed E-state index contributed by atoms with van der Waals surface area (Å²) in [7, 11) is 0. The van der Waals surface area contributed by atoms with Gasteiger partial charge >= 0.3 is 0 Å². The van der Waals surface area contributed by atoms with E-state index in [0.29, 0.717) is 0 Å². The first-order chi connectivity index (χ1) is 9.90. The molecule has 20 heavy (non-hydrogen) atoms. The topological polar surface area (TPSA) is 14.2 Å². The van der Waals surface area contributed by atoms with Crippen LogP contribution in [0.25, 0.3) is 10.9 Å². The first-order valence-corrected chi connectivity index (χ1v) is 7.19. The van der Waals surface area contributed by atoms with Crippen LogP contribution in [0.15, 0.2) is 54.7 Å². The molecule has 0 unspecified atom stereocenters. The summed E-state index contributed by atoms with van der Waals surface area (Å²) in [6.45, 7) is 1.86. The van der Waals surface area contributed by atoms with Crippen molar-refractivity contribution in [3.8, 4) is 5.75 Å². The summed E-state index contributed by atoms with van der Waals surface area (Å²) < 4.78 is 7.89. The third kappa shape index (κ3) is 1.97. The van der Waals surface area contributed by atoms with E-state index in [2.05, 4.69) is 59.3 Å². The number of nitrogens with zero attached hydrogens (tertiary/aromatic N) is 1. The molecule has 1 aliphatic rings. The fraction of sp³-hybridized carbons (Fsp3) is 0.222. The molecule has 2 nitrogen and oxygen atoms in total. The molecule has 0 amide bonds. The van der Waals surface area contributed by atoms with Gasteiger partial charge in [0.05, 0.1) is 6.61 Å². The van der Waals surface area contributed by atoms with Crippen LogP contribution in [0.1, 0.15) is 11.1 Å². The van der Waals surface area contributed by atoms with Crippen LogP contribution in [0.5, 0.6) is 5.75 Å². The molecule has 2 heterocycles. The highest BCUT2D eigenvalue weighted by atomic mass is 16.5. The van der Waals surface area contributed by atoms with Crippen LogP contribution in [0.3, 0.4) is 0 Å². The summed E-state index contributed by atoms with van der Waals surface area (Å²) in [5.74, 6) is 1.07. The van der Waals surface area contributed by atoms with Gasteiger partial charge in [0.15, 0.2) is 0 Å². The van der Waals surface area contributed by atoms with Gasteiger partial charge in [-0.3, -0.25) is 0 Å². The number of hydrogen-bond acceptors (Lipinski definition) is 1. The van der Waals surface area contributed by atoms with E-state index in [4.69, 9.17) is 4.74 Å². The maximum Gasteiger partial charge on any atom is 0.122 e. The number of fused-ring (bicyclic) bond motifs is 2. The predicted molar refractivity (Wildman–Crippen MR) is 81.3 cm³/mol. The Hall–Kier alpha value is -2.22. The summed E-state index contributed by atoms with van der Waals surface area (Å²) >= 11 is 0. The summed E-state index contributed by atoms with van der Waals surface area (Å²) in [6.07, 6.45) is 4.29. The van der Waals surface area contributed by atoms with Gasteiger partial charge < -0.3 is 9.30 Å². The monoisotopic (exact) mass is 263 g/mol.